The molecule has 0 saturated carbocycles. The molecule has 4 heterocycles. The number of aromatic nitrogens is 2. The molecule has 0 saturated heterocycles. The number of rotatable bonds is 9. The van der Waals surface area contributed by atoms with Gasteiger partial charge in [0.2, 0.25) is 11.8 Å². The number of carbonyl (C=O) groups is 2. The number of carboxylic acid groups (broad SMARTS) is 1. The van der Waals surface area contributed by atoms with Gasteiger partial charge < -0.3 is 44.2 Å². The molecule has 2 aromatic carbocycles. The maximum absolute atomic E-state index is 11.7. The number of ether oxygens (including phenoxy) is 3. The van der Waals surface area contributed by atoms with Gasteiger partial charge >= 0.3 is 55.7 Å². The summed E-state index contributed by atoms with van der Waals surface area (Å²) in [6.07, 6.45) is -1.37. The molecule has 6 rings (SSSR count). The van der Waals surface area contributed by atoms with Crippen LogP contribution >= 0.6 is 23.2 Å². The summed E-state index contributed by atoms with van der Waals surface area (Å²) in [4.78, 5) is 30.8. The summed E-state index contributed by atoms with van der Waals surface area (Å²) in [6, 6.07) is 16.9. The standard InChI is InChI=1S/C17H17BClNO5.C15H13BClNO5.Na.H2O/c1-3-23-16(21)9-13-17-10(2)7-11(8-12(17)18(22)25-13)24-15-6-4-5-14(19)20-15;1-8-5-9(22-13-4-2-3-12(17)18-13)6-10-15(8)11(7-14(19)20)23-16(10)21;;/h4-8,13,22H,3,9H2,1-2H3;2-6,11,21H,7H2,1H3,(H,19,20);;1H2/q;;+1;/p-1. The molecule has 50 heavy (non-hydrogen) atoms. The minimum absolute atomic E-state index is 0. The van der Waals surface area contributed by atoms with Crippen LogP contribution in [-0.2, 0) is 23.6 Å². The fourth-order valence-electron chi connectivity index (χ4n) is 5.55. The molecule has 2 aliphatic heterocycles. The van der Waals surface area contributed by atoms with Crippen molar-refractivity contribution >= 4 is 60.3 Å². The zero-order chi connectivity index (χ0) is 34.5. The summed E-state index contributed by atoms with van der Waals surface area (Å²) >= 11 is 11.7. The van der Waals surface area contributed by atoms with Gasteiger partial charge in [-0.1, -0.05) is 35.3 Å². The maximum Gasteiger partial charge on any atom is 1.00 e. The van der Waals surface area contributed by atoms with Crippen LogP contribution in [-0.4, -0.2) is 63.4 Å². The van der Waals surface area contributed by atoms with Crippen LogP contribution in [0.1, 0.15) is 54.2 Å². The molecule has 0 spiro atoms. The Hall–Kier alpha value is -3.21. The zero-order valence-corrected chi connectivity index (χ0v) is 31.0. The Labute approximate surface area is 320 Å². The van der Waals surface area contributed by atoms with Crippen molar-refractivity contribution in [2.75, 3.05) is 6.61 Å². The molecule has 256 valence electrons. The number of fused-ring (bicyclic) bond motifs is 2. The Morgan fingerprint density at radius 2 is 1.24 bits per heavy atom. The van der Waals surface area contributed by atoms with Gasteiger partial charge in [-0.05, 0) is 90.3 Å². The van der Waals surface area contributed by atoms with Crippen molar-refractivity contribution in [3.8, 4) is 23.3 Å². The van der Waals surface area contributed by atoms with Gasteiger partial charge in [0, 0.05) is 12.1 Å². The number of aryl methyl sites for hydroxylation is 2. The Bertz CT molecular complexity index is 1840. The van der Waals surface area contributed by atoms with E-state index in [1.807, 2.05) is 13.8 Å². The van der Waals surface area contributed by atoms with Crippen LogP contribution in [0.5, 0.6) is 23.3 Å². The number of hydrogen-bond donors (Lipinski definition) is 3. The van der Waals surface area contributed by atoms with Gasteiger partial charge in [-0.3, -0.25) is 9.59 Å². The fourth-order valence-corrected chi connectivity index (χ4v) is 5.86. The molecule has 2 atom stereocenters. The maximum atomic E-state index is 11.7. The van der Waals surface area contributed by atoms with E-state index in [2.05, 4.69) is 9.97 Å². The molecule has 0 fully saturated rings. The summed E-state index contributed by atoms with van der Waals surface area (Å²) in [6.45, 7) is 5.73. The zero-order valence-electron chi connectivity index (χ0n) is 27.5. The van der Waals surface area contributed by atoms with E-state index in [4.69, 9.17) is 51.8 Å². The van der Waals surface area contributed by atoms with E-state index in [0.29, 0.717) is 56.7 Å². The SMILES string of the molecule is CCOC(=O)CC1OB(O)c2cc(Oc3cccc(Cl)n3)cc(C)c21.Cc1cc(Oc2cccc(Cl)n2)cc2c1C(CC(=O)O)OB2O.[Na+].[OH-]. The molecule has 0 radical (unpaired) electrons. The second-order valence-corrected chi connectivity index (χ2v) is 11.6. The molecule has 18 heteroatoms. The number of carboxylic acids is 1. The van der Waals surface area contributed by atoms with Gasteiger partial charge in [0.25, 0.3) is 0 Å². The van der Waals surface area contributed by atoms with E-state index in [9.17, 15) is 19.6 Å². The summed E-state index contributed by atoms with van der Waals surface area (Å²) in [5.41, 5.74) is 4.18. The number of aliphatic carboxylic acids is 1. The van der Waals surface area contributed by atoms with Gasteiger partial charge in [0.15, 0.2) is 0 Å². The first-order chi connectivity index (χ1) is 22.9. The molecule has 2 unspecified atom stereocenters. The monoisotopic (exact) mass is 734 g/mol. The quantitative estimate of drug-likeness (QED) is 0.127. The van der Waals surface area contributed by atoms with Crippen molar-refractivity contribution < 1.29 is 83.3 Å². The van der Waals surface area contributed by atoms with Crippen molar-refractivity contribution in [3.63, 3.8) is 0 Å². The molecule has 0 amide bonds. The average molecular weight is 735 g/mol. The molecule has 2 aromatic heterocycles. The van der Waals surface area contributed by atoms with E-state index in [1.54, 1.807) is 67.6 Å². The number of esters is 1. The molecule has 13 nitrogen and oxygen atoms in total. The third-order valence-corrected chi connectivity index (χ3v) is 7.81. The van der Waals surface area contributed by atoms with Crippen LogP contribution in [0.3, 0.4) is 0 Å². The molecule has 0 aliphatic carbocycles. The Morgan fingerprint density at radius 3 is 1.64 bits per heavy atom. The van der Waals surface area contributed by atoms with Crippen molar-refractivity contribution in [2.24, 2.45) is 0 Å². The topological polar surface area (TPSA) is 197 Å². The average Bonchev–Trinajstić information content (AvgIpc) is 3.48. The van der Waals surface area contributed by atoms with Crippen LogP contribution in [0.15, 0.2) is 60.7 Å². The predicted molar refractivity (Wildman–Crippen MR) is 179 cm³/mol. The largest absolute Gasteiger partial charge is 1.00 e. The van der Waals surface area contributed by atoms with Crippen molar-refractivity contribution in [3.05, 3.63) is 93.2 Å². The fraction of sp³-hybridized carbons (Fsp3) is 0.250. The van der Waals surface area contributed by atoms with E-state index in [0.717, 1.165) is 16.7 Å². The van der Waals surface area contributed by atoms with Crippen molar-refractivity contribution in [2.45, 2.75) is 45.8 Å². The molecular formula is C32H31B2Cl2N2NaO11. The van der Waals surface area contributed by atoms with Crippen LogP contribution < -0.4 is 50.0 Å². The number of hydrogen-bond acceptors (Lipinski definition) is 12. The number of benzene rings is 2. The van der Waals surface area contributed by atoms with Crippen LogP contribution in [0.4, 0.5) is 0 Å². The van der Waals surface area contributed by atoms with Gasteiger partial charge in [-0.15, -0.1) is 0 Å². The van der Waals surface area contributed by atoms with Gasteiger partial charge in [0.05, 0.1) is 31.7 Å². The van der Waals surface area contributed by atoms with Gasteiger partial charge in [0.1, 0.15) is 21.8 Å². The van der Waals surface area contributed by atoms with Crippen LogP contribution in [0.25, 0.3) is 0 Å². The third kappa shape index (κ3) is 10.2. The van der Waals surface area contributed by atoms with Gasteiger partial charge in [-0.25, -0.2) is 9.97 Å². The Kier molecular flexibility index (Phi) is 15.1. The number of carbonyl (C=O) groups excluding carboxylic acids is 1. The van der Waals surface area contributed by atoms with E-state index in [1.165, 1.54) is 0 Å². The number of pyridine rings is 2. The Balaban J connectivity index is 0.000000261. The second-order valence-electron chi connectivity index (χ2n) is 10.8. The second kappa shape index (κ2) is 18.3. The molecule has 2 aliphatic rings. The summed E-state index contributed by atoms with van der Waals surface area (Å²) < 4.78 is 27.2. The van der Waals surface area contributed by atoms with E-state index >= 15 is 0 Å². The minimum atomic E-state index is -1.18. The summed E-state index contributed by atoms with van der Waals surface area (Å²) in [5.74, 6) is 0.295. The Morgan fingerprint density at radius 1 is 0.800 bits per heavy atom. The molecule has 4 aromatic rings. The van der Waals surface area contributed by atoms with Gasteiger partial charge in [-0.2, -0.15) is 0 Å². The van der Waals surface area contributed by atoms with Crippen molar-refractivity contribution in [1.82, 2.24) is 9.97 Å². The van der Waals surface area contributed by atoms with Crippen LogP contribution in [0, 0.1) is 13.8 Å². The molecular weight excluding hydrogens is 704 g/mol. The van der Waals surface area contributed by atoms with E-state index < -0.39 is 32.4 Å². The first-order valence-corrected chi connectivity index (χ1v) is 15.6. The van der Waals surface area contributed by atoms with E-state index in [-0.39, 0.29) is 53.8 Å². The molecule has 4 N–H and O–H groups in total. The minimum Gasteiger partial charge on any atom is -0.870 e. The normalized spacial score (nSPS) is 15.4. The predicted octanol–water partition coefficient (Wildman–Crippen LogP) is 1.44. The third-order valence-electron chi connectivity index (χ3n) is 7.39. The number of nitrogens with zero attached hydrogens (tertiary/aromatic N) is 2. The first kappa shape index (κ1) is 41.2. The smallest absolute Gasteiger partial charge is 0.870 e. The van der Waals surface area contributed by atoms with Crippen LogP contribution in [0.2, 0.25) is 10.3 Å². The summed E-state index contributed by atoms with van der Waals surface area (Å²) in [5, 5.41) is 29.8. The molecule has 0 bridgehead atoms. The van der Waals surface area contributed by atoms with Crippen molar-refractivity contribution in [1.29, 1.82) is 0 Å². The summed E-state index contributed by atoms with van der Waals surface area (Å²) in [7, 11) is -2.30. The number of halogens is 2. The first-order valence-electron chi connectivity index (χ1n) is 14.9.